The number of rotatable bonds is 4. The molecule has 0 bridgehead atoms. The summed E-state index contributed by atoms with van der Waals surface area (Å²) in [6.45, 7) is 0.196. The van der Waals surface area contributed by atoms with E-state index in [0.29, 0.717) is 15.3 Å². The molecule has 2 nitrogen and oxygen atoms in total. The zero-order chi connectivity index (χ0) is 13.2. The van der Waals surface area contributed by atoms with Gasteiger partial charge in [-0.05, 0) is 44.5 Å². The Labute approximate surface area is 122 Å². The molecule has 2 rings (SSSR count). The number of aliphatic hydroxyl groups is 1. The van der Waals surface area contributed by atoms with Crippen LogP contribution in [0, 0.1) is 0 Å². The lowest BCUT2D eigenvalue weighted by Gasteiger charge is -2.26. The molecule has 0 aromatic heterocycles. The summed E-state index contributed by atoms with van der Waals surface area (Å²) in [6.07, 6.45) is 3.09. The smallest absolute Gasteiger partial charge is 0.0613 e. The molecule has 100 valence electrons. The van der Waals surface area contributed by atoms with Gasteiger partial charge in [0.2, 0.25) is 0 Å². The van der Waals surface area contributed by atoms with Crippen molar-refractivity contribution in [1.29, 1.82) is 0 Å². The van der Waals surface area contributed by atoms with Crippen molar-refractivity contribution in [3.05, 3.63) is 28.2 Å². The topological polar surface area (TPSA) is 32.3 Å². The molecule has 1 aromatic rings. The minimum absolute atomic E-state index is 0.103. The first-order chi connectivity index (χ1) is 8.58. The number of aliphatic hydroxyl groups excluding tert-OH is 1. The lowest BCUT2D eigenvalue weighted by Crippen LogP contribution is -2.44. The van der Waals surface area contributed by atoms with Crippen LogP contribution in [0.3, 0.4) is 0 Å². The Kier molecular flexibility index (Phi) is 4.84. The zero-order valence-electron chi connectivity index (χ0n) is 10.2. The molecule has 1 saturated carbocycles. The van der Waals surface area contributed by atoms with Gasteiger partial charge in [0.05, 0.1) is 16.7 Å². The van der Waals surface area contributed by atoms with Gasteiger partial charge in [0, 0.05) is 15.7 Å². The molecule has 0 heterocycles. The highest BCUT2D eigenvalue weighted by molar-refractivity contribution is 8.00. The molecule has 2 N–H and O–H groups in total. The molecule has 2 atom stereocenters. The van der Waals surface area contributed by atoms with Gasteiger partial charge in [0.1, 0.15) is 0 Å². The van der Waals surface area contributed by atoms with Crippen LogP contribution in [0.1, 0.15) is 19.3 Å². The van der Waals surface area contributed by atoms with Gasteiger partial charge in [0.25, 0.3) is 0 Å². The van der Waals surface area contributed by atoms with Gasteiger partial charge in [-0.25, -0.2) is 0 Å². The van der Waals surface area contributed by atoms with E-state index in [0.717, 1.165) is 24.2 Å². The van der Waals surface area contributed by atoms with Crippen LogP contribution in [0.5, 0.6) is 0 Å². The summed E-state index contributed by atoms with van der Waals surface area (Å²) in [5, 5.41) is 14.4. The number of benzene rings is 1. The Balaban J connectivity index is 2.01. The summed E-state index contributed by atoms with van der Waals surface area (Å²) in [5.41, 5.74) is -0.103. The molecule has 1 aliphatic rings. The largest absolute Gasteiger partial charge is 0.394 e. The van der Waals surface area contributed by atoms with Crippen LogP contribution in [0.25, 0.3) is 0 Å². The molecule has 18 heavy (non-hydrogen) atoms. The van der Waals surface area contributed by atoms with Gasteiger partial charge in [-0.15, -0.1) is 11.8 Å². The Morgan fingerprint density at radius 2 is 2.22 bits per heavy atom. The van der Waals surface area contributed by atoms with Crippen LogP contribution >= 0.6 is 35.0 Å². The fraction of sp³-hybridized carbons (Fsp3) is 0.538. The number of hydrogen-bond acceptors (Lipinski definition) is 3. The average molecular weight is 306 g/mol. The van der Waals surface area contributed by atoms with Crippen LogP contribution in [-0.2, 0) is 0 Å². The summed E-state index contributed by atoms with van der Waals surface area (Å²) < 4.78 is 0. The van der Waals surface area contributed by atoms with E-state index in [2.05, 4.69) is 5.32 Å². The van der Waals surface area contributed by atoms with Crippen LogP contribution in [0.15, 0.2) is 23.1 Å². The quantitative estimate of drug-likeness (QED) is 0.891. The zero-order valence-corrected chi connectivity index (χ0v) is 12.6. The van der Waals surface area contributed by atoms with Crippen molar-refractivity contribution in [1.82, 2.24) is 5.32 Å². The molecule has 0 amide bonds. The number of halogens is 2. The van der Waals surface area contributed by atoms with E-state index in [1.807, 2.05) is 37.0 Å². The van der Waals surface area contributed by atoms with E-state index in [-0.39, 0.29) is 12.1 Å². The third-order valence-corrected chi connectivity index (χ3v) is 5.59. The highest BCUT2D eigenvalue weighted by Crippen LogP contribution is 2.41. The van der Waals surface area contributed by atoms with Crippen LogP contribution in [-0.4, -0.2) is 29.5 Å². The van der Waals surface area contributed by atoms with Gasteiger partial charge < -0.3 is 10.4 Å². The summed E-state index contributed by atoms with van der Waals surface area (Å²) in [4.78, 5) is 1.14. The molecule has 1 aliphatic carbocycles. The number of nitrogens with one attached hydrogen (secondary N) is 1. The number of thioether (sulfide) groups is 1. The molecule has 5 heteroatoms. The second-order valence-electron chi connectivity index (χ2n) is 4.75. The molecule has 2 unspecified atom stereocenters. The van der Waals surface area contributed by atoms with Gasteiger partial charge >= 0.3 is 0 Å². The van der Waals surface area contributed by atoms with Gasteiger partial charge in [0.15, 0.2) is 0 Å². The van der Waals surface area contributed by atoms with Gasteiger partial charge in [-0.1, -0.05) is 23.2 Å². The molecular weight excluding hydrogens is 289 g/mol. The maximum atomic E-state index is 9.47. The van der Waals surface area contributed by atoms with E-state index in [1.54, 1.807) is 0 Å². The van der Waals surface area contributed by atoms with Crippen LogP contribution < -0.4 is 5.32 Å². The monoisotopic (exact) mass is 305 g/mol. The standard InChI is InChI=1S/C13H17Cl2NOS/c1-16-13(8-17)5-4-10(7-13)18-9-2-3-11(14)12(15)6-9/h2-3,6,10,16-17H,4-5,7-8H2,1H3. The fourth-order valence-corrected chi connectivity index (χ4v) is 4.09. The van der Waals surface area contributed by atoms with E-state index in [4.69, 9.17) is 23.2 Å². The third-order valence-electron chi connectivity index (χ3n) is 3.59. The Hall–Kier alpha value is 0.0700. The minimum Gasteiger partial charge on any atom is -0.394 e. The normalized spacial score (nSPS) is 27.7. The number of hydrogen-bond donors (Lipinski definition) is 2. The second kappa shape index (κ2) is 6.02. The lowest BCUT2D eigenvalue weighted by molar-refractivity contribution is 0.173. The average Bonchev–Trinajstić information content (AvgIpc) is 2.78. The predicted molar refractivity (Wildman–Crippen MR) is 78.8 cm³/mol. The highest BCUT2D eigenvalue weighted by atomic mass is 35.5. The van der Waals surface area contributed by atoms with E-state index >= 15 is 0 Å². The van der Waals surface area contributed by atoms with Crippen molar-refractivity contribution >= 4 is 35.0 Å². The molecule has 0 aliphatic heterocycles. The second-order valence-corrected chi connectivity index (χ2v) is 6.94. The van der Waals surface area contributed by atoms with Crippen LogP contribution in [0.4, 0.5) is 0 Å². The first-order valence-electron chi connectivity index (χ1n) is 6.00. The molecular formula is C13H17Cl2NOS. The Morgan fingerprint density at radius 1 is 1.44 bits per heavy atom. The predicted octanol–water partition coefficient (Wildman–Crippen LogP) is 3.59. The molecule has 1 fully saturated rings. The van der Waals surface area contributed by atoms with Gasteiger partial charge in [-0.3, -0.25) is 0 Å². The van der Waals surface area contributed by atoms with E-state index in [9.17, 15) is 5.11 Å². The van der Waals surface area contributed by atoms with Crippen molar-refractivity contribution in [2.45, 2.75) is 34.9 Å². The van der Waals surface area contributed by atoms with Gasteiger partial charge in [-0.2, -0.15) is 0 Å². The van der Waals surface area contributed by atoms with Crippen LogP contribution in [0.2, 0.25) is 10.0 Å². The fourth-order valence-electron chi connectivity index (χ4n) is 2.37. The summed E-state index contributed by atoms with van der Waals surface area (Å²) in [5.74, 6) is 0. The Bertz CT molecular complexity index is 423. The highest BCUT2D eigenvalue weighted by Gasteiger charge is 2.37. The number of likely N-dealkylation sites (N-methyl/N-ethyl adjacent to an activating group) is 1. The third kappa shape index (κ3) is 3.14. The van der Waals surface area contributed by atoms with Crippen molar-refractivity contribution in [2.24, 2.45) is 0 Å². The summed E-state index contributed by atoms with van der Waals surface area (Å²) in [6, 6.07) is 5.74. The van der Waals surface area contributed by atoms with E-state index < -0.39 is 0 Å². The molecule has 0 radical (unpaired) electrons. The molecule has 1 aromatic carbocycles. The first-order valence-corrected chi connectivity index (χ1v) is 7.63. The first kappa shape index (κ1) is 14.5. The summed E-state index contributed by atoms with van der Waals surface area (Å²) in [7, 11) is 1.92. The van der Waals surface area contributed by atoms with E-state index in [1.165, 1.54) is 0 Å². The SMILES string of the molecule is CNC1(CO)CCC(Sc2ccc(Cl)c(Cl)c2)C1. The maximum Gasteiger partial charge on any atom is 0.0613 e. The minimum atomic E-state index is -0.103. The van der Waals surface area contributed by atoms with Crippen molar-refractivity contribution in [3.63, 3.8) is 0 Å². The van der Waals surface area contributed by atoms with Crippen molar-refractivity contribution in [3.8, 4) is 0 Å². The van der Waals surface area contributed by atoms with Crippen molar-refractivity contribution in [2.75, 3.05) is 13.7 Å². The lowest BCUT2D eigenvalue weighted by atomic mass is 10.00. The Morgan fingerprint density at radius 3 is 2.78 bits per heavy atom. The molecule has 0 saturated heterocycles. The molecule has 0 spiro atoms. The summed E-state index contributed by atoms with van der Waals surface area (Å²) >= 11 is 13.7. The van der Waals surface area contributed by atoms with Crippen molar-refractivity contribution < 1.29 is 5.11 Å². The maximum absolute atomic E-state index is 9.47.